The Morgan fingerprint density at radius 2 is 1.50 bits per heavy atom. The van der Waals surface area contributed by atoms with Gasteiger partial charge in [0.25, 0.3) is 0 Å². The van der Waals surface area contributed by atoms with Gasteiger partial charge in [0.1, 0.15) is 5.75 Å². The highest BCUT2D eigenvalue weighted by atomic mass is 35.5. The van der Waals surface area contributed by atoms with Crippen LogP contribution in [-0.2, 0) is 0 Å². The Kier molecular flexibility index (Phi) is 4.14. The van der Waals surface area contributed by atoms with E-state index in [4.69, 9.17) is 27.9 Å². The number of rotatable bonds is 3. The average Bonchev–Trinajstić information content (AvgIpc) is 2.34. The number of hydrogen-bond acceptors (Lipinski definition) is 3. The average molecular weight is 283 g/mol. The van der Waals surface area contributed by atoms with Crippen molar-refractivity contribution < 1.29 is 14.8 Å². The van der Waals surface area contributed by atoms with Gasteiger partial charge in [0.2, 0.25) is 0 Å². The first-order chi connectivity index (χ1) is 8.59. The number of hydrogen-bond donors (Lipinski definition) is 2. The molecule has 0 aromatic heterocycles. The molecule has 3 nitrogen and oxygen atoms in total. The van der Waals surface area contributed by atoms with Crippen LogP contribution in [0.25, 0.3) is 0 Å². The zero-order chi connectivity index (χ0) is 13.1. The topological polar surface area (TPSA) is 49.7 Å². The minimum Gasteiger partial charge on any atom is -0.455 e. The Balaban J connectivity index is 2.40. The third kappa shape index (κ3) is 2.79. The molecule has 0 aliphatic heterocycles. The molecule has 0 atom stereocenters. The molecule has 0 amide bonds. The van der Waals surface area contributed by atoms with E-state index in [9.17, 15) is 10.0 Å². The molecule has 0 saturated heterocycles. The van der Waals surface area contributed by atoms with Crippen LogP contribution in [0.1, 0.15) is 0 Å². The normalized spacial score (nSPS) is 10.2. The van der Waals surface area contributed by atoms with Crippen LogP contribution in [0.2, 0.25) is 10.0 Å². The van der Waals surface area contributed by atoms with Crippen LogP contribution in [0.4, 0.5) is 0 Å². The molecule has 2 aromatic rings. The predicted molar refractivity (Wildman–Crippen MR) is 72.8 cm³/mol. The van der Waals surface area contributed by atoms with Crippen LogP contribution >= 0.6 is 23.2 Å². The van der Waals surface area contributed by atoms with E-state index >= 15 is 0 Å². The third-order valence-corrected chi connectivity index (χ3v) is 2.92. The van der Waals surface area contributed by atoms with Crippen molar-refractivity contribution in [2.45, 2.75) is 0 Å². The van der Waals surface area contributed by atoms with Crippen LogP contribution in [0.5, 0.6) is 11.5 Å². The summed E-state index contributed by atoms with van der Waals surface area (Å²) in [6, 6.07) is 11.5. The molecule has 2 N–H and O–H groups in total. The summed E-state index contributed by atoms with van der Waals surface area (Å²) in [5.74, 6) is 0.580. The second kappa shape index (κ2) is 5.63. The lowest BCUT2D eigenvalue weighted by molar-refractivity contribution is 0.420. The number of halogens is 2. The van der Waals surface area contributed by atoms with Crippen molar-refractivity contribution in [3.8, 4) is 11.5 Å². The maximum atomic E-state index is 9.23. The minimum atomic E-state index is -1.62. The second-order valence-corrected chi connectivity index (χ2v) is 4.38. The quantitative estimate of drug-likeness (QED) is 0.851. The molecule has 92 valence electrons. The van der Waals surface area contributed by atoms with Gasteiger partial charge in [-0.2, -0.15) is 0 Å². The molecule has 0 aliphatic rings. The lowest BCUT2D eigenvalue weighted by Crippen LogP contribution is -2.30. The molecule has 0 unspecified atom stereocenters. The number of benzene rings is 2. The summed E-state index contributed by atoms with van der Waals surface area (Å²) < 4.78 is 5.55. The first kappa shape index (κ1) is 13.2. The highest BCUT2D eigenvalue weighted by molar-refractivity contribution is 6.59. The Morgan fingerprint density at radius 3 is 2.11 bits per heavy atom. The van der Waals surface area contributed by atoms with E-state index in [1.54, 1.807) is 42.5 Å². The van der Waals surface area contributed by atoms with E-state index in [-0.39, 0.29) is 11.2 Å². The zero-order valence-corrected chi connectivity index (χ0v) is 10.7. The van der Waals surface area contributed by atoms with E-state index in [2.05, 4.69) is 0 Å². The SMILES string of the molecule is OB(O)c1ccccc1Oc1c(Cl)cccc1Cl. The highest BCUT2D eigenvalue weighted by Gasteiger charge is 2.18. The van der Waals surface area contributed by atoms with Crippen LogP contribution in [0, 0.1) is 0 Å². The van der Waals surface area contributed by atoms with Gasteiger partial charge in [-0.1, -0.05) is 47.5 Å². The molecule has 0 spiro atoms. The molecule has 0 radical (unpaired) electrons. The molecule has 0 saturated carbocycles. The smallest absolute Gasteiger partial charge is 0.455 e. The summed E-state index contributed by atoms with van der Waals surface area (Å²) in [6.07, 6.45) is 0. The standard InChI is InChI=1S/C12H9BCl2O3/c14-9-5-3-6-10(15)12(9)18-11-7-2-1-4-8(11)13(16)17/h1-7,16-17H. The van der Waals surface area contributed by atoms with Gasteiger partial charge in [-0.05, 0) is 18.2 Å². The van der Waals surface area contributed by atoms with Gasteiger partial charge in [0, 0.05) is 5.46 Å². The largest absolute Gasteiger partial charge is 0.492 e. The van der Waals surface area contributed by atoms with Gasteiger partial charge in [-0.15, -0.1) is 0 Å². The van der Waals surface area contributed by atoms with E-state index in [1.165, 1.54) is 0 Å². The van der Waals surface area contributed by atoms with Crippen molar-refractivity contribution >= 4 is 35.8 Å². The fraction of sp³-hybridized carbons (Fsp3) is 0. The Bertz CT molecular complexity index is 541. The number of ether oxygens (including phenoxy) is 1. The molecule has 6 heteroatoms. The molecular formula is C12H9BCl2O3. The van der Waals surface area contributed by atoms with Crippen LogP contribution in [-0.4, -0.2) is 17.2 Å². The number of para-hydroxylation sites is 2. The summed E-state index contributed by atoms with van der Waals surface area (Å²) in [6.45, 7) is 0. The molecule has 0 aliphatic carbocycles. The minimum absolute atomic E-state index is 0.244. The van der Waals surface area contributed by atoms with Crippen LogP contribution in [0.3, 0.4) is 0 Å². The summed E-state index contributed by atoms with van der Waals surface area (Å²) in [4.78, 5) is 0. The highest BCUT2D eigenvalue weighted by Crippen LogP contribution is 2.35. The molecular weight excluding hydrogens is 274 g/mol. The Labute approximate surface area is 115 Å². The van der Waals surface area contributed by atoms with Gasteiger partial charge in [-0.3, -0.25) is 0 Å². The Hall–Kier alpha value is -1.20. The molecule has 2 aromatic carbocycles. The monoisotopic (exact) mass is 282 g/mol. The van der Waals surface area contributed by atoms with Crippen molar-refractivity contribution in [2.24, 2.45) is 0 Å². The van der Waals surface area contributed by atoms with Gasteiger partial charge >= 0.3 is 7.12 Å². The fourth-order valence-electron chi connectivity index (χ4n) is 1.48. The first-order valence-corrected chi connectivity index (χ1v) is 5.92. The zero-order valence-electron chi connectivity index (χ0n) is 9.18. The van der Waals surface area contributed by atoms with Crippen molar-refractivity contribution in [2.75, 3.05) is 0 Å². The Morgan fingerprint density at radius 1 is 0.889 bits per heavy atom. The van der Waals surface area contributed by atoms with Crippen LogP contribution in [0.15, 0.2) is 42.5 Å². The third-order valence-electron chi connectivity index (χ3n) is 2.33. The molecule has 18 heavy (non-hydrogen) atoms. The van der Waals surface area contributed by atoms with Crippen molar-refractivity contribution in [1.29, 1.82) is 0 Å². The molecule has 0 bridgehead atoms. The van der Waals surface area contributed by atoms with Crippen molar-refractivity contribution in [3.05, 3.63) is 52.5 Å². The van der Waals surface area contributed by atoms with E-state index in [0.717, 1.165) is 0 Å². The van der Waals surface area contributed by atoms with Crippen molar-refractivity contribution in [3.63, 3.8) is 0 Å². The maximum Gasteiger partial charge on any atom is 0.492 e. The summed E-state index contributed by atoms with van der Waals surface area (Å²) in [5.41, 5.74) is 0.244. The van der Waals surface area contributed by atoms with E-state index < -0.39 is 7.12 Å². The molecule has 0 fully saturated rings. The van der Waals surface area contributed by atoms with Crippen molar-refractivity contribution in [1.82, 2.24) is 0 Å². The fourth-order valence-corrected chi connectivity index (χ4v) is 1.95. The molecule has 0 heterocycles. The summed E-state index contributed by atoms with van der Waals surface area (Å²) in [7, 11) is -1.62. The van der Waals surface area contributed by atoms with Crippen LogP contribution < -0.4 is 10.2 Å². The summed E-state index contributed by atoms with van der Waals surface area (Å²) in [5, 5.41) is 19.2. The lowest BCUT2D eigenvalue weighted by atomic mass is 9.79. The molecule has 2 rings (SSSR count). The van der Waals surface area contributed by atoms with Gasteiger partial charge in [0.15, 0.2) is 5.75 Å². The van der Waals surface area contributed by atoms with Gasteiger partial charge in [0.05, 0.1) is 10.0 Å². The van der Waals surface area contributed by atoms with Gasteiger partial charge in [-0.25, -0.2) is 0 Å². The second-order valence-electron chi connectivity index (χ2n) is 3.56. The van der Waals surface area contributed by atoms with E-state index in [0.29, 0.717) is 15.8 Å². The lowest BCUT2D eigenvalue weighted by Gasteiger charge is -2.12. The maximum absolute atomic E-state index is 9.23. The predicted octanol–water partition coefficient (Wildman–Crippen LogP) is 2.47. The van der Waals surface area contributed by atoms with E-state index in [1.807, 2.05) is 0 Å². The van der Waals surface area contributed by atoms with Gasteiger partial charge < -0.3 is 14.8 Å². The summed E-state index contributed by atoms with van der Waals surface area (Å²) >= 11 is 12.0. The first-order valence-electron chi connectivity index (χ1n) is 5.16.